The van der Waals surface area contributed by atoms with E-state index < -0.39 is 0 Å². The van der Waals surface area contributed by atoms with Crippen molar-refractivity contribution in [3.63, 3.8) is 0 Å². The standard InChI is InChI=1S/C17H18ClN3O2S/c1-2-22-16-9-13(10-20-21-17(19)24)5-8-15(16)23-11-12-3-6-14(18)7-4-12/h3-10H,2,11H2,1H3,(H3,19,21,24)/p+1. The average Bonchev–Trinajstić information content (AvgIpc) is 2.55. The maximum absolute atomic E-state index is 5.88. The predicted molar refractivity (Wildman–Crippen MR) is 99.4 cm³/mol. The van der Waals surface area contributed by atoms with Crippen LogP contribution in [0.15, 0.2) is 42.5 Å². The van der Waals surface area contributed by atoms with Crippen LogP contribution in [0, 0.1) is 0 Å². The van der Waals surface area contributed by atoms with Crippen molar-refractivity contribution in [1.82, 2.24) is 5.43 Å². The van der Waals surface area contributed by atoms with Crippen LogP contribution in [0.1, 0.15) is 18.1 Å². The molecule has 126 valence electrons. The molecule has 0 radical (unpaired) electrons. The summed E-state index contributed by atoms with van der Waals surface area (Å²) in [6, 6.07) is 13.1. The molecule has 0 aliphatic rings. The number of ether oxygens (including phenoxy) is 2. The van der Waals surface area contributed by atoms with E-state index in [1.165, 1.54) is 0 Å². The van der Waals surface area contributed by atoms with E-state index in [2.05, 4.69) is 10.5 Å². The van der Waals surface area contributed by atoms with E-state index in [0.717, 1.165) is 11.1 Å². The van der Waals surface area contributed by atoms with E-state index in [1.807, 2.05) is 49.4 Å². The number of rotatable bonds is 7. The molecule has 4 N–H and O–H groups in total. The van der Waals surface area contributed by atoms with Gasteiger partial charge in [-0.25, -0.2) is 0 Å². The number of hydrazine groups is 1. The lowest BCUT2D eigenvalue weighted by Gasteiger charge is -2.12. The smallest absolute Gasteiger partial charge is 0.221 e. The Kier molecular flexibility index (Phi) is 6.84. The molecule has 0 aliphatic carbocycles. The molecule has 0 atom stereocenters. The number of benzene rings is 2. The first-order valence-electron chi connectivity index (χ1n) is 7.36. The van der Waals surface area contributed by atoms with Gasteiger partial charge < -0.3 is 15.2 Å². The maximum atomic E-state index is 5.88. The molecule has 0 aliphatic heterocycles. The maximum Gasteiger partial charge on any atom is 0.221 e. The summed E-state index contributed by atoms with van der Waals surface area (Å²) in [6.07, 6.45) is 1.73. The highest BCUT2D eigenvalue weighted by Gasteiger charge is 2.07. The summed E-state index contributed by atoms with van der Waals surface area (Å²) in [5.41, 5.74) is 9.90. The van der Waals surface area contributed by atoms with Crippen LogP contribution in [-0.2, 0) is 6.61 Å². The average molecular weight is 365 g/mol. The Morgan fingerprint density at radius 3 is 2.62 bits per heavy atom. The summed E-state index contributed by atoms with van der Waals surface area (Å²) in [5, 5.41) is 3.67. The third-order valence-corrected chi connectivity index (χ3v) is 3.36. The van der Waals surface area contributed by atoms with Crippen molar-refractivity contribution in [1.29, 1.82) is 0 Å². The van der Waals surface area contributed by atoms with Gasteiger partial charge in [-0.2, -0.15) is 0 Å². The largest absolute Gasteiger partial charge is 0.490 e. The van der Waals surface area contributed by atoms with Gasteiger partial charge in [-0.1, -0.05) is 23.7 Å². The van der Waals surface area contributed by atoms with Crippen LogP contribution >= 0.6 is 23.8 Å². The van der Waals surface area contributed by atoms with E-state index in [9.17, 15) is 0 Å². The van der Waals surface area contributed by atoms with E-state index in [1.54, 1.807) is 6.21 Å². The molecule has 0 heterocycles. The lowest BCUT2D eigenvalue weighted by molar-refractivity contribution is -0.499. The van der Waals surface area contributed by atoms with Crippen molar-refractivity contribution < 1.29 is 14.6 Å². The summed E-state index contributed by atoms with van der Waals surface area (Å²) >= 11 is 10.6. The van der Waals surface area contributed by atoms with Crippen molar-refractivity contribution in [2.75, 3.05) is 6.61 Å². The van der Waals surface area contributed by atoms with Gasteiger partial charge in [0.2, 0.25) is 5.11 Å². The molecule has 24 heavy (non-hydrogen) atoms. The van der Waals surface area contributed by atoms with Crippen LogP contribution in [0.25, 0.3) is 0 Å². The second kappa shape index (κ2) is 9.10. The van der Waals surface area contributed by atoms with Crippen LogP contribution in [0.3, 0.4) is 0 Å². The highest BCUT2D eigenvalue weighted by molar-refractivity contribution is 7.80. The summed E-state index contributed by atoms with van der Waals surface area (Å²) < 4.78 is 11.5. The molecule has 2 aromatic carbocycles. The fourth-order valence-electron chi connectivity index (χ4n) is 1.93. The summed E-state index contributed by atoms with van der Waals surface area (Å²) in [6.45, 7) is 2.90. The van der Waals surface area contributed by atoms with Gasteiger partial charge in [-0.3, -0.25) is 0 Å². The molecule has 0 aromatic heterocycles. The summed E-state index contributed by atoms with van der Waals surface area (Å²) in [7, 11) is 0. The van der Waals surface area contributed by atoms with Crippen LogP contribution in [0.5, 0.6) is 11.5 Å². The monoisotopic (exact) mass is 364 g/mol. The zero-order chi connectivity index (χ0) is 17.4. The van der Waals surface area contributed by atoms with Crippen molar-refractivity contribution in [2.24, 2.45) is 5.73 Å². The van der Waals surface area contributed by atoms with E-state index >= 15 is 0 Å². The zero-order valence-electron chi connectivity index (χ0n) is 13.2. The normalized spacial score (nSPS) is 10.6. The van der Waals surface area contributed by atoms with Gasteiger partial charge in [-0.05, 0) is 55.0 Å². The molecule has 0 amide bonds. The zero-order valence-corrected chi connectivity index (χ0v) is 14.8. The van der Waals surface area contributed by atoms with Gasteiger partial charge in [0.05, 0.1) is 6.61 Å². The van der Waals surface area contributed by atoms with Gasteiger partial charge in [0.25, 0.3) is 0 Å². The minimum Gasteiger partial charge on any atom is -0.490 e. The predicted octanol–water partition coefficient (Wildman–Crippen LogP) is 1.57. The van der Waals surface area contributed by atoms with E-state index in [0.29, 0.717) is 29.7 Å². The Morgan fingerprint density at radius 1 is 1.21 bits per heavy atom. The first-order chi connectivity index (χ1) is 11.6. The minimum atomic E-state index is 0.166. The lowest BCUT2D eigenvalue weighted by atomic mass is 10.2. The number of hydrazone groups is 1. The molecule has 0 saturated carbocycles. The molecule has 0 fully saturated rings. The first-order valence-corrected chi connectivity index (χ1v) is 8.15. The fourth-order valence-corrected chi connectivity index (χ4v) is 2.12. The number of halogens is 1. The number of hydrogen-bond acceptors (Lipinski definition) is 3. The number of nitrogens with two attached hydrogens (primary N) is 1. The van der Waals surface area contributed by atoms with Crippen LogP contribution in [0.4, 0.5) is 0 Å². The van der Waals surface area contributed by atoms with Crippen molar-refractivity contribution >= 4 is 35.1 Å². The molecule has 2 rings (SSSR count). The summed E-state index contributed by atoms with van der Waals surface area (Å²) in [5.74, 6) is 1.34. The van der Waals surface area contributed by atoms with Gasteiger partial charge in [0.1, 0.15) is 6.61 Å². The molecule has 5 nitrogen and oxygen atoms in total. The first kappa shape index (κ1) is 18.0. The Bertz CT molecular complexity index is 720. The molecule has 7 heteroatoms. The SMILES string of the molecule is CCOc1cc(C=[NH+]NC(N)=S)ccc1OCc1ccc(Cl)cc1. The Morgan fingerprint density at radius 2 is 1.96 bits per heavy atom. The Hall–Kier alpha value is -2.31. The topological polar surface area (TPSA) is 70.5 Å². The number of thiocarbonyl (C=S) groups is 1. The minimum absolute atomic E-state index is 0.166. The summed E-state index contributed by atoms with van der Waals surface area (Å²) in [4.78, 5) is 0. The third-order valence-electron chi connectivity index (χ3n) is 3.01. The number of hydrogen-bond donors (Lipinski definition) is 3. The molecule has 0 spiro atoms. The van der Waals surface area contributed by atoms with Crippen LogP contribution in [0.2, 0.25) is 5.02 Å². The van der Waals surface area contributed by atoms with Gasteiger partial charge in [-0.15, -0.1) is 10.5 Å². The van der Waals surface area contributed by atoms with Gasteiger partial charge in [0, 0.05) is 10.6 Å². The molecule has 0 unspecified atom stereocenters. The van der Waals surface area contributed by atoms with Crippen molar-refractivity contribution in [2.45, 2.75) is 13.5 Å². The molecular formula is C17H19ClN3O2S+. The molecule has 0 saturated heterocycles. The quantitative estimate of drug-likeness (QED) is 0.395. The van der Waals surface area contributed by atoms with Crippen molar-refractivity contribution in [3.05, 3.63) is 58.6 Å². The molecule has 2 aromatic rings. The van der Waals surface area contributed by atoms with Crippen LogP contribution in [-0.4, -0.2) is 17.9 Å². The van der Waals surface area contributed by atoms with E-state index in [-0.39, 0.29) is 5.11 Å². The number of nitrogens with one attached hydrogen (secondary N) is 2. The molecular weight excluding hydrogens is 346 g/mol. The Balaban J connectivity index is 2.09. The third kappa shape index (κ3) is 5.72. The Labute approximate surface area is 151 Å². The molecule has 0 bridgehead atoms. The highest BCUT2D eigenvalue weighted by atomic mass is 35.5. The van der Waals surface area contributed by atoms with Gasteiger partial charge >= 0.3 is 0 Å². The van der Waals surface area contributed by atoms with Crippen molar-refractivity contribution in [3.8, 4) is 11.5 Å². The fraction of sp³-hybridized carbons (Fsp3) is 0.176. The van der Waals surface area contributed by atoms with Gasteiger partial charge in [0.15, 0.2) is 17.7 Å². The van der Waals surface area contributed by atoms with Crippen LogP contribution < -0.4 is 25.7 Å². The van der Waals surface area contributed by atoms with E-state index in [4.69, 9.17) is 39.0 Å². The second-order valence-corrected chi connectivity index (χ2v) is 5.71. The lowest BCUT2D eigenvalue weighted by Crippen LogP contribution is -2.82. The second-order valence-electron chi connectivity index (χ2n) is 4.83. The highest BCUT2D eigenvalue weighted by Crippen LogP contribution is 2.28.